The Bertz CT molecular complexity index is 235. The van der Waals surface area contributed by atoms with E-state index in [0.29, 0.717) is 4.73 Å². The molecule has 5 nitrogen and oxygen atoms in total. The van der Waals surface area contributed by atoms with Gasteiger partial charge in [0.05, 0.1) is 0 Å². The van der Waals surface area contributed by atoms with Crippen molar-refractivity contribution in [2.24, 2.45) is 0 Å². The molecule has 0 spiro atoms. The van der Waals surface area contributed by atoms with Crippen molar-refractivity contribution in [3.8, 4) is 0 Å². The summed E-state index contributed by atoms with van der Waals surface area (Å²) in [7, 11) is 0. The lowest BCUT2D eigenvalue weighted by Crippen LogP contribution is -2.11. The molecule has 5 heteroatoms. The van der Waals surface area contributed by atoms with Crippen LogP contribution in [0.3, 0.4) is 0 Å². The first-order valence-corrected chi connectivity index (χ1v) is 1.96. The third kappa shape index (κ3) is 0.481. The lowest BCUT2D eigenvalue weighted by atomic mass is 10.7. The summed E-state index contributed by atoms with van der Waals surface area (Å²) in [5.74, 6) is -0.711. The van der Waals surface area contributed by atoms with Gasteiger partial charge in [0.25, 0.3) is 0 Å². The van der Waals surface area contributed by atoms with Gasteiger partial charge < -0.3 is 5.21 Å². The lowest BCUT2D eigenvalue weighted by Gasteiger charge is -1.80. The highest BCUT2D eigenvalue weighted by Gasteiger charge is 1.99. The van der Waals surface area contributed by atoms with Crippen LogP contribution in [0.25, 0.3) is 0 Å². The van der Waals surface area contributed by atoms with Crippen LogP contribution in [0.5, 0.6) is 0 Å². The van der Waals surface area contributed by atoms with E-state index in [4.69, 9.17) is 5.21 Å². The van der Waals surface area contributed by atoms with Crippen LogP contribution < -0.4 is 5.76 Å². The van der Waals surface area contributed by atoms with Gasteiger partial charge in [-0.15, -0.1) is 0 Å². The van der Waals surface area contributed by atoms with Crippen molar-refractivity contribution in [3.63, 3.8) is 0 Å². The van der Waals surface area contributed by atoms with Crippen LogP contribution >= 0.6 is 0 Å². The second-order valence-corrected chi connectivity index (χ2v) is 1.31. The maximum absolute atomic E-state index is 10.1. The van der Waals surface area contributed by atoms with Crippen LogP contribution in [0.1, 0.15) is 5.82 Å². The summed E-state index contributed by atoms with van der Waals surface area (Å²) < 4.78 is 4.34. The highest BCUT2D eigenvalue weighted by Crippen LogP contribution is 1.79. The Hall–Kier alpha value is -1.26. The molecule has 0 saturated carbocycles. The smallest absolute Gasteiger partial charge is 0.421 e. The summed E-state index contributed by atoms with van der Waals surface area (Å²) in [6, 6.07) is 0. The standard InChI is InChI=1S/C3H4N2O3/c1-2-4-8-3(6)5(2)7/h7H,1H3. The average Bonchev–Trinajstić information content (AvgIpc) is 1.98. The van der Waals surface area contributed by atoms with E-state index in [9.17, 15) is 4.79 Å². The first-order chi connectivity index (χ1) is 3.72. The van der Waals surface area contributed by atoms with Crippen LogP contribution in [0, 0.1) is 6.92 Å². The zero-order valence-electron chi connectivity index (χ0n) is 4.16. The zero-order valence-corrected chi connectivity index (χ0v) is 4.16. The molecule has 1 heterocycles. The van der Waals surface area contributed by atoms with E-state index in [1.165, 1.54) is 6.92 Å². The topological polar surface area (TPSA) is 68.3 Å². The molecule has 1 aromatic heterocycles. The van der Waals surface area contributed by atoms with Crippen molar-refractivity contribution in [2.75, 3.05) is 0 Å². The third-order valence-electron chi connectivity index (χ3n) is 0.735. The molecule has 0 fully saturated rings. The van der Waals surface area contributed by atoms with Gasteiger partial charge in [-0.2, -0.15) is 0 Å². The molecule has 1 N–H and O–H groups in total. The van der Waals surface area contributed by atoms with E-state index in [-0.39, 0.29) is 5.82 Å². The fraction of sp³-hybridized carbons (Fsp3) is 0.333. The van der Waals surface area contributed by atoms with Gasteiger partial charge in [-0.05, 0) is 0 Å². The Morgan fingerprint density at radius 2 is 2.50 bits per heavy atom. The molecule has 0 aliphatic carbocycles. The number of rotatable bonds is 0. The van der Waals surface area contributed by atoms with Crippen LogP contribution in [-0.4, -0.2) is 15.1 Å². The number of hydrogen-bond acceptors (Lipinski definition) is 4. The first kappa shape index (κ1) is 4.89. The Labute approximate surface area is 44.1 Å². The van der Waals surface area contributed by atoms with Crippen molar-refractivity contribution >= 4 is 0 Å². The molecule has 8 heavy (non-hydrogen) atoms. The van der Waals surface area contributed by atoms with Gasteiger partial charge in [0.15, 0.2) is 5.82 Å². The van der Waals surface area contributed by atoms with E-state index < -0.39 is 5.76 Å². The lowest BCUT2D eigenvalue weighted by molar-refractivity contribution is 0.156. The quantitative estimate of drug-likeness (QED) is 0.459. The van der Waals surface area contributed by atoms with Crippen molar-refractivity contribution < 1.29 is 9.73 Å². The molecular weight excluding hydrogens is 112 g/mol. The van der Waals surface area contributed by atoms with Crippen molar-refractivity contribution in [1.82, 2.24) is 9.89 Å². The fourth-order valence-electron chi connectivity index (χ4n) is 0.315. The molecule has 0 unspecified atom stereocenters. The van der Waals surface area contributed by atoms with Crippen molar-refractivity contribution in [3.05, 3.63) is 16.4 Å². The predicted molar refractivity (Wildman–Crippen MR) is 22.7 cm³/mol. The minimum atomic E-state index is -0.859. The number of nitrogens with zero attached hydrogens (tertiary/aromatic N) is 2. The normalized spacial score (nSPS) is 9.62. The summed E-state index contributed by atoms with van der Waals surface area (Å²) >= 11 is 0. The van der Waals surface area contributed by atoms with E-state index in [1.54, 1.807) is 0 Å². The van der Waals surface area contributed by atoms with Crippen molar-refractivity contribution in [1.29, 1.82) is 0 Å². The van der Waals surface area contributed by atoms with Gasteiger partial charge in [-0.1, -0.05) is 9.89 Å². The summed E-state index contributed by atoms with van der Waals surface area (Å²) in [5.41, 5.74) is 0. The third-order valence-corrected chi connectivity index (χ3v) is 0.735. The van der Waals surface area contributed by atoms with Crippen LogP contribution in [-0.2, 0) is 0 Å². The van der Waals surface area contributed by atoms with Crippen LogP contribution in [0.15, 0.2) is 9.32 Å². The minimum Gasteiger partial charge on any atom is -0.421 e. The molecule has 44 valence electrons. The molecule has 0 saturated heterocycles. The van der Waals surface area contributed by atoms with E-state index in [0.717, 1.165) is 0 Å². The Morgan fingerprint density at radius 3 is 2.62 bits per heavy atom. The second-order valence-electron chi connectivity index (χ2n) is 1.31. The molecule has 0 bridgehead atoms. The van der Waals surface area contributed by atoms with Gasteiger partial charge in [0.2, 0.25) is 0 Å². The molecular formula is C3H4N2O3. The molecule has 0 aliphatic rings. The minimum absolute atomic E-state index is 0.148. The largest absolute Gasteiger partial charge is 0.475 e. The highest BCUT2D eigenvalue weighted by molar-refractivity contribution is 4.71. The Balaban J connectivity index is 3.41. The number of aryl methyl sites for hydroxylation is 1. The fourth-order valence-corrected chi connectivity index (χ4v) is 0.315. The van der Waals surface area contributed by atoms with E-state index >= 15 is 0 Å². The molecule has 1 aromatic rings. The van der Waals surface area contributed by atoms with Gasteiger partial charge in [-0.3, -0.25) is 4.52 Å². The Morgan fingerprint density at radius 1 is 1.88 bits per heavy atom. The monoisotopic (exact) mass is 116 g/mol. The van der Waals surface area contributed by atoms with E-state index in [2.05, 4.69) is 9.68 Å². The van der Waals surface area contributed by atoms with Crippen LogP contribution in [0.4, 0.5) is 0 Å². The predicted octanol–water partition coefficient (Wildman–Crippen LogP) is -0.618. The van der Waals surface area contributed by atoms with Crippen molar-refractivity contribution in [2.45, 2.75) is 6.92 Å². The molecule has 1 rings (SSSR count). The van der Waals surface area contributed by atoms with Gasteiger partial charge in [-0.25, -0.2) is 4.79 Å². The number of hydrogen-bond donors (Lipinski definition) is 1. The number of aromatic nitrogens is 2. The van der Waals surface area contributed by atoms with Gasteiger partial charge >= 0.3 is 5.76 Å². The summed E-state index contributed by atoms with van der Waals surface area (Å²) in [5, 5.41) is 11.6. The van der Waals surface area contributed by atoms with E-state index in [1.807, 2.05) is 0 Å². The van der Waals surface area contributed by atoms with Crippen LogP contribution in [0.2, 0.25) is 0 Å². The summed E-state index contributed by atoms with van der Waals surface area (Å²) in [4.78, 5) is 10.1. The maximum Gasteiger partial charge on any atom is 0.475 e. The average molecular weight is 116 g/mol. The highest BCUT2D eigenvalue weighted by atomic mass is 16.6. The summed E-state index contributed by atoms with van der Waals surface area (Å²) in [6.07, 6.45) is 0. The molecule has 0 aliphatic heterocycles. The maximum atomic E-state index is 10.1. The molecule has 0 amide bonds. The Kier molecular flexibility index (Phi) is 0.831. The first-order valence-electron chi connectivity index (χ1n) is 1.96. The molecule has 0 aromatic carbocycles. The van der Waals surface area contributed by atoms with Gasteiger partial charge in [0, 0.05) is 6.92 Å². The second kappa shape index (κ2) is 1.36. The summed E-state index contributed by atoms with van der Waals surface area (Å²) in [6.45, 7) is 1.45. The molecule has 0 atom stereocenters. The molecule has 0 radical (unpaired) electrons. The SMILES string of the molecule is Cc1noc(=O)n1O. The van der Waals surface area contributed by atoms with Gasteiger partial charge in [0.1, 0.15) is 0 Å². The zero-order chi connectivity index (χ0) is 6.15.